The quantitative estimate of drug-likeness (QED) is 0.710. The molecule has 2 aromatic heterocycles. The molecule has 0 saturated carbocycles. The molecule has 0 bridgehead atoms. The van der Waals surface area contributed by atoms with Gasteiger partial charge in [0.15, 0.2) is 0 Å². The maximum atomic E-state index is 11.9. The third-order valence-electron chi connectivity index (χ3n) is 2.23. The average Bonchev–Trinajstić information content (AvgIpc) is 3.00. The Labute approximate surface area is 107 Å². The van der Waals surface area contributed by atoms with Crippen LogP contribution in [0.4, 0.5) is 0 Å². The van der Waals surface area contributed by atoms with E-state index < -0.39 is 32.9 Å². The van der Waals surface area contributed by atoms with Crippen LogP contribution in [0.15, 0.2) is 28.0 Å². The molecule has 1 unspecified atom stereocenters. The molecular weight excluding hydrogens is 276 g/mol. The fraction of sp³-hybridized carbons (Fsp3) is 0.222. The number of carbonyl (C=O) groups is 1. The zero-order valence-corrected chi connectivity index (χ0v) is 10.5. The molecule has 2 aromatic rings. The minimum absolute atomic E-state index is 0.327. The molecule has 2 heterocycles. The van der Waals surface area contributed by atoms with Gasteiger partial charge in [-0.25, -0.2) is 18.2 Å². The van der Waals surface area contributed by atoms with Crippen LogP contribution in [0.1, 0.15) is 29.3 Å². The second-order valence-electron chi connectivity index (χ2n) is 3.64. The van der Waals surface area contributed by atoms with E-state index in [9.17, 15) is 13.2 Å². The first-order valence-electron chi connectivity index (χ1n) is 5.11. The van der Waals surface area contributed by atoms with Crippen LogP contribution in [-0.4, -0.2) is 34.7 Å². The molecule has 0 aliphatic heterocycles. The van der Waals surface area contributed by atoms with Crippen molar-refractivity contribution in [1.29, 1.82) is 0 Å². The third-order valence-corrected chi connectivity index (χ3v) is 3.65. The molecule has 19 heavy (non-hydrogen) atoms. The number of nitrogens with zero attached hydrogens (tertiary/aromatic N) is 2. The van der Waals surface area contributed by atoms with Gasteiger partial charge in [-0.2, -0.15) is 9.82 Å². The maximum Gasteiger partial charge on any atom is 0.371 e. The average molecular weight is 286 g/mol. The Balaban J connectivity index is 2.20. The number of carboxylic acids is 1. The van der Waals surface area contributed by atoms with Crippen molar-refractivity contribution in [2.45, 2.75) is 18.1 Å². The summed E-state index contributed by atoms with van der Waals surface area (Å²) in [6, 6.07) is 1.47. The zero-order chi connectivity index (χ0) is 14.0. The van der Waals surface area contributed by atoms with Gasteiger partial charge in [-0.1, -0.05) is 0 Å². The highest BCUT2D eigenvalue weighted by Gasteiger charge is 2.24. The Morgan fingerprint density at radius 3 is 2.79 bits per heavy atom. The van der Waals surface area contributed by atoms with Gasteiger partial charge in [0, 0.05) is 0 Å². The number of nitrogens with one attached hydrogen (secondary N) is 2. The predicted molar refractivity (Wildman–Crippen MR) is 60.8 cm³/mol. The highest BCUT2D eigenvalue weighted by Crippen LogP contribution is 2.16. The molecule has 0 aliphatic rings. The number of hydrogen-bond donors (Lipinski definition) is 3. The fourth-order valence-corrected chi connectivity index (χ4v) is 2.49. The van der Waals surface area contributed by atoms with Crippen molar-refractivity contribution in [3.63, 3.8) is 0 Å². The number of aromatic amines is 1. The number of aromatic nitrogens is 3. The summed E-state index contributed by atoms with van der Waals surface area (Å²) in [7, 11) is -3.97. The molecule has 2 rings (SSSR count). The Kier molecular flexibility index (Phi) is 3.36. The van der Waals surface area contributed by atoms with Crippen molar-refractivity contribution < 1.29 is 22.7 Å². The second-order valence-corrected chi connectivity index (χ2v) is 5.28. The largest absolute Gasteiger partial charge is 0.475 e. The van der Waals surface area contributed by atoms with Crippen molar-refractivity contribution in [1.82, 2.24) is 19.9 Å². The summed E-state index contributed by atoms with van der Waals surface area (Å²) < 4.78 is 30.8. The lowest BCUT2D eigenvalue weighted by atomic mass is 10.3. The molecule has 9 nitrogen and oxygen atoms in total. The minimum Gasteiger partial charge on any atom is -0.475 e. The molecule has 0 spiro atoms. The monoisotopic (exact) mass is 286 g/mol. The molecule has 3 N–H and O–H groups in total. The van der Waals surface area contributed by atoms with Crippen molar-refractivity contribution in [3.05, 3.63) is 30.0 Å². The molecule has 0 saturated heterocycles. The van der Waals surface area contributed by atoms with Gasteiger partial charge in [0.1, 0.15) is 12.2 Å². The first-order valence-corrected chi connectivity index (χ1v) is 6.59. The first-order chi connectivity index (χ1) is 8.90. The summed E-state index contributed by atoms with van der Waals surface area (Å²) in [6.45, 7) is 1.55. The summed E-state index contributed by atoms with van der Waals surface area (Å²) in [6.07, 6.45) is 1.25. The van der Waals surface area contributed by atoms with Crippen molar-refractivity contribution in [2.24, 2.45) is 0 Å². The highest BCUT2D eigenvalue weighted by atomic mass is 32.2. The first kappa shape index (κ1) is 13.2. The summed E-state index contributed by atoms with van der Waals surface area (Å²) >= 11 is 0. The number of sulfonamides is 1. The van der Waals surface area contributed by atoms with E-state index in [1.165, 1.54) is 6.33 Å². The molecule has 102 valence electrons. The van der Waals surface area contributed by atoms with Gasteiger partial charge in [-0.05, 0) is 19.1 Å². The summed E-state index contributed by atoms with van der Waals surface area (Å²) in [5.41, 5.74) is 0. The van der Waals surface area contributed by atoms with Crippen LogP contribution < -0.4 is 4.72 Å². The van der Waals surface area contributed by atoms with E-state index in [-0.39, 0.29) is 0 Å². The smallest absolute Gasteiger partial charge is 0.371 e. The Morgan fingerprint density at radius 2 is 2.26 bits per heavy atom. The molecule has 0 aromatic carbocycles. The van der Waals surface area contributed by atoms with Crippen LogP contribution >= 0.6 is 0 Å². The predicted octanol–water partition coefficient (Wildman–Crippen LogP) is 0.135. The molecule has 1 atom stereocenters. The van der Waals surface area contributed by atoms with Crippen LogP contribution in [-0.2, 0) is 10.0 Å². The Bertz CT molecular complexity index is 675. The van der Waals surface area contributed by atoms with E-state index in [4.69, 9.17) is 9.52 Å². The summed E-state index contributed by atoms with van der Waals surface area (Å²) in [5, 5.41) is 14.3. The van der Waals surface area contributed by atoms with Gasteiger partial charge in [0.05, 0.1) is 6.04 Å². The van der Waals surface area contributed by atoms with Crippen LogP contribution in [0.2, 0.25) is 0 Å². The van der Waals surface area contributed by atoms with Crippen molar-refractivity contribution >= 4 is 16.0 Å². The van der Waals surface area contributed by atoms with Crippen molar-refractivity contribution in [2.75, 3.05) is 0 Å². The van der Waals surface area contributed by atoms with E-state index >= 15 is 0 Å². The summed E-state index contributed by atoms with van der Waals surface area (Å²) in [5.74, 6) is -1.47. The fourth-order valence-electron chi connectivity index (χ4n) is 1.35. The van der Waals surface area contributed by atoms with Gasteiger partial charge < -0.3 is 9.52 Å². The van der Waals surface area contributed by atoms with E-state index in [2.05, 4.69) is 19.9 Å². The van der Waals surface area contributed by atoms with E-state index in [0.29, 0.717) is 5.82 Å². The lowest BCUT2D eigenvalue weighted by Gasteiger charge is -2.09. The van der Waals surface area contributed by atoms with Gasteiger partial charge in [-0.3, -0.25) is 5.10 Å². The van der Waals surface area contributed by atoms with Gasteiger partial charge in [0.25, 0.3) is 10.0 Å². The van der Waals surface area contributed by atoms with E-state index in [1.807, 2.05) is 0 Å². The van der Waals surface area contributed by atoms with Crippen LogP contribution in [0.5, 0.6) is 0 Å². The lowest BCUT2D eigenvalue weighted by Crippen LogP contribution is -2.27. The lowest BCUT2D eigenvalue weighted by molar-refractivity contribution is 0.0656. The SMILES string of the molecule is CC(NS(=O)(=O)c1ccc(C(=O)O)o1)c1ncn[nH]1. The molecule has 10 heteroatoms. The van der Waals surface area contributed by atoms with Gasteiger partial charge in [0.2, 0.25) is 10.9 Å². The number of hydrogen-bond acceptors (Lipinski definition) is 6. The standard InChI is InChI=1S/C9H10N4O5S/c1-5(8-10-4-11-12-8)13-19(16,17)7-3-2-6(18-7)9(14)15/h2-5,13H,1H3,(H,14,15)(H,10,11,12). The van der Waals surface area contributed by atoms with Crippen LogP contribution in [0, 0.1) is 0 Å². The molecule has 0 aliphatic carbocycles. The van der Waals surface area contributed by atoms with E-state index in [0.717, 1.165) is 12.1 Å². The number of rotatable bonds is 5. The van der Waals surface area contributed by atoms with Crippen LogP contribution in [0.25, 0.3) is 0 Å². The van der Waals surface area contributed by atoms with Crippen LogP contribution in [0.3, 0.4) is 0 Å². The maximum absolute atomic E-state index is 11.9. The molecule has 0 radical (unpaired) electrons. The number of carboxylic acid groups (broad SMARTS) is 1. The number of H-pyrrole nitrogens is 1. The van der Waals surface area contributed by atoms with E-state index in [1.54, 1.807) is 6.92 Å². The van der Waals surface area contributed by atoms with Gasteiger partial charge in [-0.15, -0.1) is 0 Å². The van der Waals surface area contributed by atoms with Crippen molar-refractivity contribution in [3.8, 4) is 0 Å². The summed E-state index contributed by atoms with van der Waals surface area (Å²) in [4.78, 5) is 14.4. The zero-order valence-electron chi connectivity index (χ0n) is 9.69. The van der Waals surface area contributed by atoms with Gasteiger partial charge >= 0.3 is 5.97 Å². The minimum atomic E-state index is -3.97. The normalized spacial score (nSPS) is 13.3. The molecule has 0 amide bonds. The highest BCUT2D eigenvalue weighted by molar-refractivity contribution is 7.89. The number of aromatic carboxylic acids is 1. The second kappa shape index (κ2) is 4.82. The Hall–Kier alpha value is -2.20. The molecule has 0 fully saturated rings. The molecular formula is C9H10N4O5S. The Morgan fingerprint density at radius 1 is 1.53 bits per heavy atom. The topological polar surface area (TPSA) is 138 Å². The third kappa shape index (κ3) is 2.80. The number of furan rings is 1.